The average molecular weight is 261 g/mol. The van der Waals surface area contributed by atoms with Crippen LogP contribution in [0.2, 0.25) is 0 Å². The smallest absolute Gasteiger partial charge is 0.214 e. The highest BCUT2D eigenvalue weighted by atomic mass is 32.2. The van der Waals surface area contributed by atoms with Gasteiger partial charge >= 0.3 is 0 Å². The van der Waals surface area contributed by atoms with Crippen LogP contribution in [0.15, 0.2) is 5.16 Å². The fraction of sp³-hybridized carbons (Fsp3) is 0.900. The molecule has 2 fully saturated rings. The summed E-state index contributed by atoms with van der Waals surface area (Å²) < 4.78 is 25.6. The van der Waals surface area contributed by atoms with E-state index < -0.39 is 10.0 Å². The van der Waals surface area contributed by atoms with Gasteiger partial charge in [-0.25, -0.2) is 12.7 Å². The fourth-order valence-electron chi connectivity index (χ4n) is 2.21. The number of nitrogens with two attached hydrogens (primary N) is 1. The van der Waals surface area contributed by atoms with E-state index in [4.69, 9.17) is 10.9 Å². The Hall–Kier alpha value is -0.820. The third kappa shape index (κ3) is 3.10. The standard InChI is InChI=1S/C10H19N3O3S/c11-10(12-14)9-2-1-5-13(6-9)17(15,16)7-8-3-4-8/h8-9,14H,1-7H2,(H2,11,12). The zero-order chi connectivity index (χ0) is 12.5. The maximum Gasteiger partial charge on any atom is 0.214 e. The molecule has 2 aliphatic rings. The summed E-state index contributed by atoms with van der Waals surface area (Å²) in [7, 11) is -3.15. The van der Waals surface area contributed by atoms with E-state index in [2.05, 4.69) is 5.16 Å². The Morgan fingerprint density at radius 2 is 2.12 bits per heavy atom. The van der Waals surface area contributed by atoms with E-state index in [0.717, 1.165) is 25.7 Å². The van der Waals surface area contributed by atoms with Crippen LogP contribution in [0.5, 0.6) is 0 Å². The summed E-state index contributed by atoms with van der Waals surface area (Å²) in [5.41, 5.74) is 5.55. The Bertz CT molecular complexity index is 403. The van der Waals surface area contributed by atoms with Crippen molar-refractivity contribution in [3.63, 3.8) is 0 Å². The third-order valence-electron chi connectivity index (χ3n) is 3.45. The highest BCUT2D eigenvalue weighted by Gasteiger charge is 2.35. The zero-order valence-corrected chi connectivity index (χ0v) is 10.6. The van der Waals surface area contributed by atoms with E-state index in [1.165, 1.54) is 4.31 Å². The monoisotopic (exact) mass is 261 g/mol. The molecule has 0 spiro atoms. The lowest BCUT2D eigenvalue weighted by Gasteiger charge is -2.31. The number of rotatable bonds is 4. The summed E-state index contributed by atoms with van der Waals surface area (Å²) in [6.07, 6.45) is 3.60. The van der Waals surface area contributed by atoms with Gasteiger partial charge in [0.25, 0.3) is 0 Å². The van der Waals surface area contributed by atoms with Crippen LogP contribution < -0.4 is 5.73 Å². The second kappa shape index (κ2) is 4.81. The SMILES string of the molecule is NC(=NO)C1CCCN(S(=O)(=O)CC2CC2)C1. The first-order valence-corrected chi connectivity index (χ1v) is 7.59. The van der Waals surface area contributed by atoms with E-state index in [1.54, 1.807) is 0 Å². The minimum Gasteiger partial charge on any atom is -0.409 e. The molecule has 0 radical (unpaired) electrons. The van der Waals surface area contributed by atoms with Gasteiger partial charge in [-0.1, -0.05) is 5.16 Å². The maximum absolute atomic E-state index is 12.1. The molecular formula is C10H19N3O3S. The Kier molecular flexibility index (Phi) is 3.58. The van der Waals surface area contributed by atoms with Gasteiger partial charge in [0.05, 0.1) is 5.75 Å². The zero-order valence-electron chi connectivity index (χ0n) is 9.75. The Balaban J connectivity index is 2.00. The first-order chi connectivity index (χ1) is 8.03. The molecule has 3 N–H and O–H groups in total. The van der Waals surface area contributed by atoms with Gasteiger partial charge in [-0.3, -0.25) is 0 Å². The number of hydrogen-bond acceptors (Lipinski definition) is 4. The molecule has 17 heavy (non-hydrogen) atoms. The maximum atomic E-state index is 12.1. The number of sulfonamides is 1. The van der Waals surface area contributed by atoms with Crippen molar-refractivity contribution in [2.75, 3.05) is 18.8 Å². The molecule has 2 rings (SSSR count). The van der Waals surface area contributed by atoms with E-state index in [0.29, 0.717) is 19.0 Å². The number of hydrogen-bond donors (Lipinski definition) is 2. The number of amidine groups is 1. The van der Waals surface area contributed by atoms with Gasteiger partial charge in [0, 0.05) is 19.0 Å². The normalized spacial score (nSPS) is 28.2. The molecule has 0 aromatic heterocycles. The largest absolute Gasteiger partial charge is 0.409 e. The number of oxime groups is 1. The molecule has 7 heteroatoms. The van der Waals surface area contributed by atoms with Crippen molar-refractivity contribution in [3.8, 4) is 0 Å². The van der Waals surface area contributed by atoms with Crippen LogP contribution in [0.1, 0.15) is 25.7 Å². The van der Waals surface area contributed by atoms with Gasteiger partial charge in [0.15, 0.2) is 0 Å². The van der Waals surface area contributed by atoms with Crippen molar-refractivity contribution in [2.24, 2.45) is 22.7 Å². The Labute approximate surface area is 102 Å². The average Bonchev–Trinajstić information content (AvgIpc) is 3.11. The van der Waals surface area contributed by atoms with Crippen LogP contribution in [-0.2, 0) is 10.0 Å². The molecule has 0 amide bonds. The van der Waals surface area contributed by atoms with Crippen molar-refractivity contribution in [2.45, 2.75) is 25.7 Å². The molecule has 98 valence electrons. The molecule has 1 unspecified atom stereocenters. The quantitative estimate of drug-likeness (QED) is 0.327. The van der Waals surface area contributed by atoms with E-state index in [1.807, 2.05) is 0 Å². The molecule has 1 aliphatic carbocycles. The van der Waals surface area contributed by atoms with Crippen molar-refractivity contribution in [1.29, 1.82) is 0 Å². The summed E-state index contributed by atoms with van der Waals surface area (Å²) in [5.74, 6) is 0.596. The van der Waals surface area contributed by atoms with Crippen LogP contribution in [0.4, 0.5) is 0 Å². The van der Waals surface area contributed by atoms with Gasteiger partial charge in [-0.2, -0.15) is 0 Å². The minimum atomic E-state index is -3.15. The molecule has 0 aromatic rings. The second-order valence-electron chi connectivity index (χ2n) is 4.94. The summed E-state index contributed by atoms with van der Waals surface area (Å²) in [6.45, 7) is 0.912. The van der Waals surface area contributed by atoms with E-state index >= 15 is 0 Å². The summed E-state index contributed by atoms with van der Waals surface area (Å²) in [6, 6.07) is 0. The lowest BCUT2D eigenvalue weighted by atomic mass is 9.99. The molecular weight excluding hydrogens is 242 g/mol. The summed E-state index contributed by atoms with van der Waals surface area (Å²) in [4.78, 5) is 0. The predicted molar refractivity (Wildman–Crippen MR) is 64.2 cm³/mol. The summed E-state index contributed by atoms with van der Waals surface area (Å²) in [5, 5.41) is 11.6. The van der Waals surface area contributed by atoms with Crippen LogP contribution in [0, 0.1) is 11.8 Å². The molecule has 0 bridgehead atoms. The molecule has 1 saturated heterocycles. The topological polar surface area (TPSA) is 96.0 Å². The highest BCUT2D eigenvalue weighted by molar-refractivity contribution is 7.89. The van der Waals surface area contributed by atoms with Crippen LogP contribution in [0.25, 0.3) is 0 Å². The lowest BCUT2D eigenvalue weighted by molar-refractivity contribution is 0.287. The number of nitrogens with zero attached hydrogens (tertiary/aromatic N) is 2. The predicted octanol–water partition coefficient (Wildman–Crippen LogP) is 0.185. The Morgan fingerprint density at radius 3 is 2.71 bits per heavy atom. The molecule has 0 aromatic carbocycles. The third-order valence-corrected chi connectivity index (χ3v) is 5.47. The number of piperidine rings is 1. The van der Waals surface area contributed by atoms with Crippen molar-refractivity contribution in [3.05, 3.63) is 0 Å². The molecule has 1 atom stereocenters. The first kappa shape index (κ1) is 12.6. The first-order valence-electron chi connectivity index (χ1n) is 5.98. The lowest BCUT2D eigenvalue weighted by Crippen LogP contribution is -2.45. The molecule has 1 heterocycles. The van der Waals surface area contributed by atoms with Gasteiger partial charge in [0.2, 0.25) is 10.0 Å². The van der Waals surface area contributed by atoms with E-state index in [-0.39, 0.29) is 17.5 Å². The van der Waals surface area contributed by atoms with Crippen molar-refractivity contribution in [1.82, 2.24) is 4.31 Å². The van der Waals surface area contributed by atoms with Gasteiger partial charge in [-0.15, -0.1) is 0 Å². The van der Waals surface area contributed by atoms with Crippen LogP contribution in [0.3, 0.4) is 0 Å². The van der Waals surface area contributed by atoms with Gasteiger partial charge in [-0.05, 0) is 31.6 Å². The molecule has 1 aliphatic heterocycles. The van der Waals surface area contributed by atoms with Gasteiger partial charge in [0.1, 0.15) is 5.84 Å². The van der Waals surface area contributed by atoms with Crippen LogP contribution >= 0.6 is 0 Å². The van der Waals surface area contributed by atoms with Crippen molar-refractivity contribution < 1.29 is 13.6 Å². The minimum absolute atomic E-state index is 0.135. The van der Waals surface area contributed by atoms with Gasteiger partial charge < -0.3 is 10.9 Å². The summed E-state index contributed by atoms with van der Waals surface area (Å²) >= 11 is 0. The van der Waals surface area contributed by atoms with Crippen molar-refractivity contribution >= 4 is 15.9 Å². The van der Waals surface area contributed by atoms with Crippen LogP contribution in [-0.4, -0.2) is 42.6 Å². The second-order valence-corrected chi connectivity index (χ2v) is 6.96. The molecule has 1 saturated carbocycles. The van der Waals surface area contributed by atoms with E-state index in [9.17, 15) is 8.42 Å². The highest BCUT2D eigenvalue weighted by Crippen LogP contribution is 2.32. The molecule has 6 nitrogen and oxygen atoms in total. The Morgan fingerprint density at radius 1 is 1.41 bits per heavy atom. The fourth-order valence-corrected chi connectivity index (χ4v) is 4.16.